The molecule has 2 aromatic carbocycles. The number of hydrogen-bond donors (Lipinski definition) is 1. The molecule has 22 heavy (non-hydrogen) atoms. The van der Waals surface area contributed by atoms with Crippen LogP contribution in [0.15, 0.2) is 48.8 Å². The molecule has 0 aliphatic heterocycles. The Bertz CT molecular complexity index is 792. The quantitative estimate of drug-likeness (QED) is 0.706. The maximum absolute atomic E-state index is 13.4. The number of halogens is 2. The summed E-state index contributed by atoms with van der Waals surface area (Å²) in [7, 11) is 0. The molecule has 112 valence electrons. The zero-order chi connectivity index (χ0) is 15.4. The smallest absolute Gasteiger partial charge is 0.137 e. The lowest BCUT2D eigenvalue weighted by atomic mass is 10.1. The molecule has 1 aromatic heterocycles. The molecule has 0 bridgehead atoms. The van der Waals surface area contributed by atoms with Crippen LogP contribution in [0.2, 0.25) is 5.02 Å². The molecule has 5 heteroatoms. The van der Waals surface area contributed by atoms with E-state index in [0.717, 1.165) is 29.9 Å². The van der Waals surface area contributed by atoms with Gasteiger partial charge in [-0.25, -0.2) is 14.4 Å². The largest absolute Gasteiger partial charge is 0.369 e. The lowest BCUT2D eigenvalue weighted by molar-refractivity contribution is 0.629. The van der Waals surface area contributed by atoms with Gasteiger partial charge >= 0.3 is 0 Å². The molecule has 0 aliphatic carbocycles. The molecule has 3 aromatic rings. The molecular weight excluding hydrogens is 301 g/mol. The number of rotatable bonds is 5. The van der Waals surface area contributed by atoms with E-state index in [1.165, 1.54) is 24.0 Å². The first kappa shape index (κ1) is 14.7. The lowest BCUT2D eigenvalue weighted by Crippen LogP contribution is -2.05. The molecule has 0 fully saturated rings. The molecule has 3 rings (SSSR count). The van der Waals surface area contributed by atoms with E-state index in [4.69, 9.17) is 11.6 Å². The Morgan fingerprint density at radius 3 is 2.86 bits per heavy atom. The number of anilines is 1. The molecule has 0 atom stereocenters. The molecule has 0 aliphatic rings. The Kier molecular flexibility index (Phi) is 4.49. The van der Waals surface area contributed by atoms with Gasteiger partial charge in [-0.15, -0.1) is 0 Å². The molecule has 0 spiro atoms. The van der Waals surface area contributed by atoms with Crippen molar-refractivity contribution in [1.82, 2.24) is 9.97 Å². The first-order valence-electron chi connectivity index (χ1n) is 7.11. The Hall–Kier alpha value is -2.20. The summed E-state index contributed by atoms with van der Waals surface area (Å²) in [5.74, 6) is 0.375. The third-order valence-electron chi connectivity index (χ3n) is 3.42. The molecule has 0 amide bonds. The summed E-state index contributed by atoms with van der Waals surface area (Å²) in [6.45, 7) is 0.745. The Labute approximate surface area is 133 Å². The SMILES string of the molecule is Fc1ccc2ncnc(NCCCc3cccc(Cl)c3)c2c1. The highest BCUT2D eigenvalue weighted by Crippen LogP contribution is 2.20. The minimum atomic E-state index is -0.288. The summed E-state index contributed by atoms with van der Waals surface area (Å²) < 4.78 is 13.4. The number of aryl methyl sites for hydroxylation is 1. The van der Waals surface area contributed by atoms with Crippen LogP contribution in [0.1, 0.15) is 12.0 Å². The highest BCUT2D eigenvalue weighted by Gasteiger charge is 2.04. The van der Waals surface area contributed by atoms with E-state index in [-0.39, 0.29) is 5.82 Å². The van der Waals surface area contributed by atoms with E-state index < -0.39 is 0 Å². The molecular formula is C17H15ClFN3. The van der Waals surface area contributed by atoms with Gasteiger partial charge in [-0.2, -0.15) is 0 Å². The highest BCUT2D eigenvalue weighted by molar-refractivity contribution is 6.30. The summed E-state index contributed by atoms with van der Waals surface area (Å²) in [4.78, 5) is 8.33. The van der Waals surface area contributed by atoms with E-state index in [2.05, 4.69) is 21.4 Å². The second-order valence-electron chi connectivity index (χ2n) is 5.04. The van der Waals surface area contributed by atoms with Gasteiger partial charge in [0.2, 0.25) is 0 Å². The van der Waals surface area contributed by atoms with Gasteiger partial charge in [0, 0.05) is 17.0 Å². The molecule has 0 saturated heterocycles. The first-order valence-corrected chi connectivity index (χ1v) is 7.49. The molecule has 0 unspecified atom stereocenters. The molecule has 1 heterocycles. The van der Waals surface area contributed by atoms with Crippen molar-refractivity contribution in [3.63, 3.8) is 0 Å². The van der Waals surface area contributed by atoms with E-state index in [9.17, 15) is 4.39 Å². The summed E-state index contributed by atoms with van der Waals surface area (Å²) in [5.41, 5.74) is 1.93. The summed E-state index contributed by atoms with van der Waals surface area (Å²) in [6, 6.07) is 12.4. The molecule has 3 nitrogen and oxygen atoms in total. The fraction of sp³-hybridized carbons (Fsp3) is 0.176. The minimum Gasteiger partial charge on any atom is -0.369 e. The van der Waals surface area contributed by atoms with E-state index >= 15 is 0 Å². The number of nitrogens with zero attached hydrogens (tertiary/aromatic N) is 2. The second-order valence-corrected chi connectivity index (χ2v) is 5.48. The normalized spacial score (nSPS) is 10.8. The minimum absolute atomic E-state index is 0.288. The van der Waals surface area contributed by atoms with E-state index in [1.807, 2.05) is 18.2 Å². The zero-order valence-corrected chi connectivity index (χ0v) is 12.6. The maximum atomic E-state index is 13.4. The second kappa shape index (κ2) is 6.71. The van der Waals surface area contributed by atoms with Crippen molar-refractivity contribution in [2.24, 2.45) is 0 Å². The number of hydrogen-bond acceptors (Lipinski definition) is 3. The van der Waals surface area contributed by atoms with Crippen LogP contribution in [-0.2, 0) is 6.42 Å². The van der Waals surface area contributed by atoms with Crippen LogP contribution in [0.4, 0.5) is 10.2 Å². The summed E-state index contributed by atoms with van der Waals surface area (Å²) in [6.07, 6.45) is 3.34. The van der Waals surface area contributed by atoms with Crippen LogP contribution in [0.3, 0.4) is 0 Å². The fourth-order valence-corrected chi connectivity index (χ4v) is 2.57. The van der Waals surface area contributed by atoms with Crippen LogP contribution in [0.25, 0.3) is 10.9 Å². The zero-order valence-electron chi connectivity index (χ0n) is 11.9. The molecule has 0 saturated carbocycles. The van der Waals surface area contributed by atoms with Gasteiger partial charge in [0.1, 0.15) is 18.0 Å². The van der Waals surface area contributed by atoms with Crippen LogP contribution in [0, 0.1) is 5.82 Å². The monoisotopic (exact) mass is 315 g/mol. The van der Waals surface area contributed by atoms with Crippen LogP contribution in [0.5, 0.6) is 0 Å². The number of fused-ring (bicyclic) bond motifs is 1. The van der Waals surface area contributed by atoms with Crippen molar-refractivity contribution in [1.29, 1.82) is 0 Å². The molecule has 0 radical (unpaired) electrons. The summed E-state index contributed by atoms with van der Waals surface area (Å²) in [5, 5.41) is 4.70. The van der Waals surface area contributed by atoms with Gasteiger partial charge in [-0.1, -0.05) is 23.7 Å². The standard InChI is InChI=1S/C17H15ClFN3/c18-13-5-1-3-12(9-13)4-2-8-20-17-15-10-14(19)6-7-16(15)21-11-22-17/h1,3,5-7,9-11H,2,4,8H2,(H,20,21,22). The summed E-state index contributed by atoms with van der Waals surface area (Å²) >= 11 is 5.97. The number of nitrogens with one attached hydrogen (secondary N) is 1. The van der Waals surface area contributed by atoms with Crippen molar-refractivity contribution in [2.75, 3.05) is 11.9 Å². The van der Waals surface area contributed by atoms with E-state index in [0.29, 0.717) is 11.2 Å². The van der Waals surface area contributed by atoms with Crippen molar-refractivity contribution < 1.29 is 4.39 Å². The lowest BCUT2D eigenvalue weighted by Gasteiger charge is -2.08. The Morgan fingerprint density at radius 1 is 1.09 bits per heavy atom. The number of aromatic nitrogens is 2. The van der Waals surface area contributed by atoms with Crippen molar-refractivity contribution in [3.8, 4) is 0 Å². The topological polar surface area (TPSA) is 37.8 Å². The highest BCUT2D eigenvalue weighted by atomic mass is 35.5. The third-order valence-corrected chi connectivity index (χ3v) is 3.66. The van der Waals surface area contributed by atoms with Gasteiger partial charge in [-0.05, 0) is 48.7 Å². The first-order chi connectivity index (χ1) is 10.7. The van der Waals surface area contributed by atoms with Gasteiger partial charge in [0.05, 0.1) is 5.52 Å². The Morgan fingerprint density at radius 2 is 2.00 bits per heavy atom. The van der Waals surface area contributed by atoms with Gasteiger partial charge in [0.15, 0.2) is 0 Å². The van der Waals surface area contributed by atoms with Crippen LogP contribution in [-0.4, -0.2) is 16.5 Å². The maximum Gasteiger partial charge on any atom is 0.137 e. The van der Waals surface area contributed by atoms with Gasteiger partial charge < -0.3 is 5.32 Å². The van der Waals surface area contributed by atoms with Crippen molar-refractivity contribution >= 4 is 28.3 Å². The number of benzene rings is 2. The van der Waals surface area contributed by atoms with E-state index in [1.54, 1.807) is 6.07 Å². The van der Waals surface area contributed by atoms with Crippen LogP contribution < -0.4 is 5.32 Å². The van der Waals surface area contributed by atoms with Crippen LogP contribution >= 0.6 is 11.6 Å². The average Bonchev–Trinajstić information content (AvgIpc) is 2.52. The van der Waals surface area contributed by atoms with Gasteiger partial charge in [0.25, 0.3) is 0 Å². The Balaban J connectivity index is 1.63. The fourth-order valence-electron chi connectivity index (χ4n) is 2.36. The van der Waals surface area contributed by atoms with Crippen molar-refractivity contribution in [3.05, 3.63) is 65.2 Å². The predicted molar refractivity (Wildman–Crippen MR) is 87.8 cm³/mol. The van der Waals surface area contributed by atoms with Crippen molar-refractivity contribution in [2.45, 2.75) is 12.8 Å². The average molecular weight is 316 g/mol. The third kappa shape index (κ3) is 3.52. The predicted octanol–water partition coefficient (Wildman–Crippen LogP) is 4.47. The van der Waals surface area contributed by atoms with Gasteiger partial charge in [-0.3, -0.25) is 0 Å². The molecule has 1 N–H and O–H groups in total.